The minimum absolute atomic E-state index is 0.286. The fourth-order valence-corrected chi connectivity index (χ4v) is 1.88. The third-order valence-corrected chi connectivity index (χ3v) is 2.77. The van der Waals surface area contributed by atoms with Gasteiger partial charge in [0.25, 0.3) is 0 Å². The lowest BCUT2D eigenvalue weighted by atomic mass is 10.1. The number of rotatable bonds is 7. The zero-order valence-electron chi connectivity index (χ0n) is 11.1. The Morgan fingerprint density at radius 2 is 1.82 bits per heavy atom. The lowest BCUT2D eigenvalue weighted by Crippen LogP contribution is -2.08. The van der Waals surface area contributed by atoms with Gasteiger partial charge in [-0.2, -0.15) is 0 Å². The smallest absolute Gasteiger partial charge is 0.119 e. The Morgan fingerprint density at radius 3 is 2.35 bits per heavy atom. The largest absolute Gasteiger partial charge is 0.493 e. The first kappa shape index (κ1) is 14.0. The van der Waals surface area contributed by atoms with E-state index in [4.69, 9.17) is 4.74 Å². The van der Waals surface area contributed by atoms with Crippen LogP contribution in [0.5, 0.6) is 5.75 Å². The van der Waals surface area contributed by atoms with Crippen LogP contribution in [0.4, 0.5) is 0 Å². The molecule has 96 valence electrons. The molecule has 0 aliphatic rings. The van der Waals surface area contributed by atoms with Crippen molar-refractivity contribution in [2.45, 2.75) is 46.1 Å². The molecule has 0 saturated heterocycles. The van der Waals surface area contributed by atoms with Crippen LogP contribution < -0.4 is 4.74 Å². The second-order valence-corrected chi connectivity index (χ2v) is 4.90. The molecule has 1 rings (SSSR count). The van der Waals surface area contributed by atoms with E-state index >= 15 is 0 Å². The summed E-state index contributed by atoms with van der Waals surface area (Å²) in [5, 5.41) is 9.28. The molecule has 2 atom stereocenters. The lowest BCUT2D eigenvalue weighted by molar-refractivity contribution is 0.195. The Kier molecular flexibility index (Phi) is 6.06. The van der Waals surface area contributed by atoms with E-state index in [1.165, 1.54) is 12.8 Å². The van der Waals surface area contributed by atoms with Crippen LogP contribution in [0.25, 0.3) is 0 Å². The van der Waals surface area contributed by atoms with E-state index in [1.807, 2.05) is 24.3 Å². The van der Waals surface area contributed by atoms with Crippen LogP contribution in [0.3, 0.4) is 0 Å². The van der Waals surface area contributed by atoms with Crippen LogP contribution in [0.2, 0.25) is 0 Å². The van der Waals surface area contributed by atoms with Crippen LogP contribution >= 0.6 is 0 Å². The van der Waals surface area contributed by atoms with Crippen molar-refractivity contribution in [2.24, 2.45) is 5.92 Å². The summed E-state index contributed by atoms with van der Waals surface area (Å²) in [6.45, 7) is 6.99. The molecule has 17 heavy (non-hydrogen) atoms. The minimum atomic E-state index is -0.286. The summed E-state index contributed by atoms with van der Waals surface area (Å²) in [7, 11) is 0. The second-order valence-electron chi connectivity index (χ2n) is 4.90. The highest BCUT2D eigenvalue weighted by atomic mass is 16.5. The highest BCUT2D eigenvalue weighted by molar-refractivity contribution is 5.27. The molecule has 2 heteroatoms. The first-order chi connectivity index (χ1) is 8.11. The van der Waals surface area contributed by atoms with Gasteiger partial charge in [-0.3, -0.25) is 0 Å². The molecule has 1 aromatic carbocycles. The molecular formula is C15H24O2. The van der Waals surface area contributed by atoms with Gasteiger partial charge in [-0.05, 0) is 43.4 Å². The topological polar surface area (TPSA) is 29.5 Å². The van der Waals surface area contributed by atoms with E-state index in [2.05, 4.69) is 13.8 Å². The van der Waals surface area contributed by atoms with Crippen molar-refractivity contribution in [1.82, 2.24) is 0 Å². The maximum Gasteiger partial charge on any atom is 0.119 e. The summed E-state index contributed by atoms with van der Waals surface area (Å²) >= 11 is 0. The SMILES string of the molecule is CCCC(C)COc1ccc(CC(C)O)cc1. The molecule has 2 nitrogen and oxygen atoms in total. The third kappa shape index (κ3) is 5.73. The molecule has 2 unspecified atom stereocenters. The average Bonchev–Trinajstić information content (AvgIpc) is 2.28. The number of hydrogen-bond donors (Lipinski definition) is 1. The van der Waals surface area contributed by atoms with Crippen LogP contribution in [0.15, 0.2) is 24.3 Å². The van der Waals surface area contributed by atoms with Gasteiger partial charge in [0.1, 0.15) is 5.75 Å². The molecule has 0 aliphatic heterocycles. The van der Waals surface area contributed by atoms with Crippen LogP contribution in [-0.2, 0) is 6.42 Å². The molecular weight excluding hydrogens is 212 g/mol. The molecule has 1 N–H and O–H groups in total. The first-order valence-corrected chi connectivity index (χ1v) is 6.51. The normalized spacial score (nSPS) is 14.4. The highest BCUT2D eigenvalue weighted by Crippen LogP contribution is 2.15. The fourth-order valence-electron chi connectivity index (χ4n) is 1.88. The Labute approximate surface area is 105 Å². The number of ether oxygens (including phenoxy) is 1. The van der Waals surface area contributed by atoms with Gasteiger partial charge in [-0.25, -0.2) is 0 Å². The van der Waals surface area contributed by atoms with Crippen molar-refractivity contribution < 1.29 is 9.84 Å². The number of benzene rings is 1. The quantitative estimate of drug-likeness (QED) is 0.786. The number of hydrogen-bond acceptors (Lipinski definition) is 2. The Balaban J connectivity index is 2.40. The van der Waals surface area contributed by atoms with E-state index in [0.717, 1.165) is 17.9 Å². The van der Waals surface area contributed by atoms with Gasteiger partial charge in [-0.1, -0.05) is 32.4 Å². The van der Waals surface area contributed by atoms with Crippen LogP contribution in [0.1, 0.15) is 39.2 Å². The molecule has 0 aromatic heterocycles. The van der Waals surface area contributed by atoms with Crippen molar-refractivity contribution in [1.29, 1.82) is 0 Å². The van der Waals surface area contributed by atoms with Gasteiger partial charge >= 0.3 is 0 Å². The van der Waals surface area contributed by atoms with Crippen molar-refractivity contribution in [3.05, 3.63) is 29.8 Å². The third-order valence-electron chi connectivity index (χ3n) is 2.77. The summed E-state index contributed by atoms with van der Waals surface area (Å²) < 4.78 is 5.72. The first-order valence-electron chi connectivity index (χ1n) is 6.51. The maximum atomic E-state index is 9.28. The second kappa shape index (κ2) is 7.33. The average molecular weight is 236 g/mol. The number of aliphatic hydroxyl groups excluding tert-OH is 1. The van der Waals surface area contributed by atoms with Gasteiger partial charge in [0.2, 0.25) is 0 Å². The molecule has 0 fully saturated rings. The molecule has 0 amide bonds. The summed E-state index contributed by atoms with van der Waals surface area (Å²) in [5.41, 5.74) is 1.15. The van der Waals surface area contributed by atoms with Gasteiger partial charge in [0.05, 0.1) is 12.7 Å². The van der Waals surface area contributed by atoms with Crippen molar-refractivity contribution in [3.63, 3.8) is 0 Å². The van der Waals surface area contributed by atoms with Gasteiger partial charge < -0.3 is 9.84 Å². The zero-order chi connectivity index (χ0) is 12.7. The summed E-state index contributed by atoms with van der Waals surface area (Å²) in [6.07, 6.45) is 2.83. The highest BCUT2D eigenvalue weighted by Gasteiger charge is 2.03. The summed E-state index contributed by atoms with van der Waals surface area (Å²) in [6, 6.07) is 8.01. The summed E-state index contributed by atoms with van der Waals surface area (Å²) in [4.78, 5) is 0. The molecule has 0 radical (unpaired) electrons. The molecule has 0 bridgehead atoms. The molecule has 0 heterocycles. The van der Waals surface area contributed by atoms with Crippen LogP contribution in [0, 0.1) is 5.92 Å². The van der Waals surface area contributed by atoms with Crippen molar-refractivity contribution >= 4 is 0 Å². The van der Waals surface area contributed by atoms with Gasteiger partial charge in [0.15, 0.2) is 0 Å². The van der Waals surface area contributed by atoms with Gasteiger partial charge in [0, 0.05) is 0 Å². The maximum absolute atomic E-state index is 9.28. The molecule has 0 spiro atoms. The molecule has 0 saturated carbocycles. The fraction of sp³-hybridized carbons (Fsp3) is 0.600. The minimum Gasteiger partial charge on any atom is -0.493 e. The van der Waals surface area contributed by atoms with E-state index in [1.54, 1.807) is 6.92 Å². The lowest BCUT2D eigenvalue weighted by Gasteiger charge is -2.12. The van der Waals surface area contributed by atoms with E-state index in [9.17, 15) is 5.11 Å². The molecule has 1 aromatic rings. The van der Waals surface area contributed by atoms with Gasteiger partial charge in [-0.15, -0.1) is 0 Å². The van der Waals surface area contributed by atoms with E-state index in [-0.39, 0.29) is 6.10 Å². The van der Waals surface area contributed by atoms with E-state index in [0.29, 0.717) is 12.3 Å². The summed E-state index contributed by atoms with van der Waals surface area (Å²) in [5.74, 6) is 1.53. The Bertz CT molecular complexity index is 303. The number of aliphatic hydroxyl groups is 1. The zero-order valence-corrected chi connectivity index (χ0v) is 11.1. The molecule has 0 aliphatic carbocycles. The Hall–Kier alpha value is -1.02. The predicted octanol–water partition coefficient (Wildman–Crippen LogP) is 3.42. The van der Waals surface area contributed by atoms with Crippen LogP contribution in [-0.4, -0.2) is 17.8 Å². The standard InChI is InChI=1S/C15H24O2/c1-4-5-12(2)11-17-15-8-6-14(7-9-15)10-13(3)16/h6-9,12-13,16H,4-5,10-11H2,1-3H3. The predicted molar refractivity (Wildman–Crippen MR) is 71.4 cm³/mol. The Morgan fingerprint density at radius 1 is 1.18 bits per heavy atom. The monoisotopic (exact) mass is 236 g/mol. The van der Waals surface area contributed by atoms with Crippen molar-refractivity contribution in [2.75, 3.05) is 6.61 Å². The van der Waals surface area contributed by atoms with Crippen molar-refractivity contribution in [3.8, 4) is 5.75 Å². The van der Waals surface area contributed by atoms with E-state index < -0.39 is 0 Å².